The molecule has 0 radical (unpaired) electrons. The van der Waals surface area contributed by atoms with Gasteiger partial charge in [-0.05, 0) is 91.3 Å². The first-order chi connectivity index (χ1) is 16.2. The van der Waals surface area contributed by atoms with Crippen LogP contribution in [-0.4, -0.2) is 57.5 Å². The van der Waals surface area contributed by atoms with Crippen LogP contribution < -0.4 is 20.7 Å². The molecule has 0 unspecified atom stereocenters. The van der Waals surface area contributed by atoms with Gasteiger partial charge >= 0.3 is 0 Å². The first-order valence-corrected chi connectivity index (χ1v) is 13.7. The molecule has 34 heavy (non-hydrogen) atoms. The van der Waals surface area contributed by atoms with Crippen LogP contribution in [0.4, 0.5) is 11.7 Å². The maximum Gasteiger partial charge on any atom is 0.298 e. The van der Waals surface area contributed by atoms with E-state index in [-0.39, 0.29) is 10.9 Å². The fourth-order valence-electron chi connectivity index (χ4n) is 4.09. The SMILES string of the molecule is CCOc1cc(CN(c2nc3cc(S(=O)(=O)N(C)C)ccc3o2)C2CCNCC2)cc(N)c1I. The second-order valence-electron chi connectivity index (χ2n) is 8.45. The molecule has 1 saturated heterocycles. The Morgan fingerprint density at radius 2 is 1.97 bits per heavy atom. The standard InChI is InChI=1S/C23H30IN5O4S/c1-4-32-21-12-15(11-18(25)22(21)24)14-29(16-7-9-26-10-8-16)23-27-19-13-17(5-6-20(19)33-23)34(30,31)28(2)3/h5-6,11-13,16,26H,4,7-10,14,25H2,1-3H3. The van der Waals surface area contributed by atoms with Crippen LogP contribution >= 0.6 is 22.6 Å². The van der Waals surface area contributed by atoms with Gasteiger partial charge in [-0.25, -0.2) is 12.7 Å². The summed E-state index contributed by atoms with van der Waals surface area (Å²) in [5.74, 6) is 0.763. The van der Waals surface area contributed by atoms with Crippen molar-refractivity contribution in [2.75, 3.05) is 44.4 Å². The van der Waals surface area contributed by atoms with Crippen molar-refractivity contribution >= 4 is 55.4 Å². The van der Waals surface area contributed by atoms with E-state index in [2.05, 4.69) is 32.8 Å². The highest BCUT2D eigenvalue weighted by Crippen LogP contribution is 2.33. The number of nitrogen functional groups attached to an aromatic ring is 1. The number of rotatable bonds is 8. The zero-order valence-corrected chi connectivity index (χ0v) is 22.5. The smallest absolute Gasteiger partial charge is 0.298 e. The lowest BCUT2D eigenvalue weighted by Crippen LogP contribution is -2.43. The third-order valence-corrected chi connectivity index (χ3v) is 8.87. The molecule has 0 amide bonds. The fourth-order valence-corrected chi connectivity index (χ4v) is 5.48. The highest BCUT2D eigenvalue weighted by atomic mass is 127. The average molecular weight is 599 g/mol. The van der Waals surface area contributed by atoms with Gasteiger partial charge in [-0.3, -0.25) is 0 Å². The van der Waals surface area contributed by atoms with Crippen molar-refractivity contribution in [1.82, 2.24) is 14.6 Å². The number of nitrogens with zero attached hydrogens (tertiary/aromatic N) is 3. The second-order valence-corrected chi connectivity index (χ2v) is 11.7. The molecule has 1 aliphatic rings. The molecule has 0 saturated carbocycles. The van der Waals surface area contributed by atoms with Gasteiger partial charge in [0.05, 0.1) is 15.1 Å². The number of halogens is 1. The lowest BCUT2D eigenvalue weighted by molar-refractivity contribution is 0.337. The van der Waals surface area contributed by atoms with Gasteiger partial charge in [-0.2, -0.15) is 4.98 Å². The third kappa shape index (κ3) is 5.11. The quantitative estimate of drug-likeness (QED) is 0.299. The van der Waals surface area contributed by atoms with Crippen LogP contribution in [0.2, 0.25) is 0 Å². The van der Waals surface area contributed by atoms with Crippen molar-refractivity contribution in [2.24, 2.45) is 0 Å². The van der Waals surface area contributed by atoms with Crippen molar-refractivity contribution in [3.63, 3.8) is 0 Å². The fraction of sp³-hybridized carbons (Fsp3) is 0.435. The Kier molecular flexibility index (Phi) is 7.55. The number of ether oxygens (including phenoxy) is 1. The van der Waals surface area contributed by atoms with Crippen molar-refractivity contribution in [3.8, 4) is 5.75 Å². The Bertz CT molecular complexity index is 1270. The van der Waals surface area contributed by atoms with Crippen LogP contribution in [0.5, 0.6) is 5.75 Å². The molecule has 4 rings (SSSR count). The van der Waals surface area contributed by atoms with Gasteiger partial charge in [-0.15, -0.1) is 0 Å². The minimum atomic E-state index is -3.57. The van der Waals surface area contributed by atoms with Crippen LogP contribution in [0.15, 0.2) is 39.6 Å². The van der Waals surface area contributed by atoms with E-state index in [1.807, 2.05) is 19.1 Å². The molecule has 0 atom stereocenters. The molecule has 2 aromatic carbocycles. The van der Waals surface area contributed by atoms with Crippen molar-refractivity contribution in [1.29, 1.82) is 0 Å². The zero-order chi connectivity index (χ0) is 24.5. The van der Waals surface area contributed by atoms with Crippen LogP contribution in [-0.2, 0) is 16.6 Å². The topological polar surface area (TPSA) is 114 Å². The molecule has 0 aliphatic carbocycles. The van der Waals surface area contributed by atoms with Crippen molar-refractivity contribution < 1.29 is 17.6 Å². The number of nitrogens with two attached hydrogens (primary N) is 1. The monoisotopic (exact) mass is 599 g/mol. The summed E-state index contributed by atoms with van der Waals surface area (Å²) in [4.78, 5) is 7.04. The highest BCUT2D eigenvalue weighted by molar-refractivity contribution is 14.1. The van der Waals surface area contributed by atoms with Gasteiger partial charge in [0, 0.05) is 32.4 Å². The summed E-state index contributed by atoms with van der Waals surface area (Å²) in [6, 6.07) is 9.44. The number of hydrogen-bond donors (Lipinski definition) is 2. The van der Waals surface area contributed by atoms with Crippen molar-refractivity contribution in [2.45, 2.75) is 37.2 Å². The number of sulfonamides is 1. The minimum Gasteiger partial charge on any atom is -0.493 e. The Labute approximate surface area is 213 Å². The second kappa shape index (κ2) is 10.3. The number of anilines is 2. The summed E-state index contributed by atoms with van der Waals surface area (Å²) < 4.78 is 39.2. The van der Waals surface area contributed by atoms with Crippen LogP contribution in [0, 0.1) is 3.57 Å². The number of piperidine rings is 1. The molecule has 11 heteroatoms. The van der Waals surface area contributed by atoms with Crippen LogP contribution in [0.25, 0.3) is 11.1 Å². The van der Waals surface area contributed by atoms with E-state index in [0.717, 1.165) is 40.8 Å². The molecular formula is C23H30IN5O4S. The van der Waals surface area contributed by atoms with Gasteiger partial charge in [0.1, 0.15) is 11.3 Å². The van der Waals surface area contributed by atoms with Gasteiger partial charge in [0.25, 0.3) is 6.01 Å². The van der Waals surface area contributed by atoms with Crippen LogP contribution in [0.1, 0.15) is 25.3 Å². The molecular weight excluding hydrogens is 569 g/mol. The predicted octanol–water partition coefficient (Wildman–Crippen LogP) is 3.42. The molecule has 0 bridgehead atoms. The maximum absolute atomic E-state index is 12.6. The Morgan fingerprint density at radius 3 is 2.65 bits per heavy atom. The number of nitrogens with one attached hydrogen (secondary N) is 1. The Hall–Kier alpha value is -2.09. The van der Waals surface area contributed by atoms with E-state index in [1.165, 1.54) is 18.4 Å². The number of aromatic nitrogens is 1. The summed E-state index contributed by atoms with van der Waals surface area (Å²) in [6.45, 7) is 4.86. The predicted molar refractivity (Wildman–Crippen MR) is 142 cm³/mol. The summed E-state index contributed by atoms with van der Waals surface area (Å²) >= 11 is 2.20. The summed E-state index contributed by atoms with van der Waals surface area (Å²) in [6.07, 6.45) is 1.88. The van der Waals surface area contributed by atoms with E-state index in [4.69, 9.17) is 19.9 Å². The van der Waals surface area contributed by atoms with Crippen LogP contribution in [0.3, 0.4) is 0 Å². The molecule has 9 nitrogen and oxygen atoms in total. The largest absolute Gasteiger partial charge is 0.493 e. The van der Waals surface area contributed by atoms with Crippen molar-refractivity contribution in [3.05, 3.63) is 39.5 Å². The summed E-state index contributed by atoms with van der Waals surface area (Å²) in [5, 5.41) is 3.40. The minimum absolute atomic E-state index is 0.185. The van der Waals surface area contributed by atoms with E-state index < -0.39 is 10.0 Å². The van der Waals surface area contributed by atoms with E-state index in [1.54, 1.807) is 18.2 Å². The average Bonchev–Trinajstić information content (AvgIpc) is 3.24. The third-order valence-electron chi connectivity index (χ3n) is 5.90. The molecule has 1 aliphatic heterocycles. The molecule has 1 aromatic heterocycles. The first-order valence-electron chi connectivity index (χ1n) is 11.2. The van der Waals surface area contributed by atoms with Gasteiger partial charge in [0.15, 0.2) is 5.58 Å². The molecule has 0 spiro atoms. The Balaban J connectivity index is 1.73. The van der Waals surface area contributed by atoms with Gasteiger partial charge < -0.3 is 25.1 Å². The lowest BCUT2D eigenvalue weighted by Gasteiger charge is -2.33. The van der Waals surface area contributed by atoms with E-state index in [0.29, 0.717) is 36.0 Å². The number of hydrogen-bond acceptors (Lipinski definition) is 8. The molecule has 3 N–H and O–H groups in total. The first kappa shape index (κ1) is 25.0. The molecule has 1 fully saturated rings. The summed E-state index contributed by atoms with van der Waals surface area (Å²) in [5.41, 5.74) is 8.99. The molecule has 184 valence electrons. The summed E-state index contributed by atoms with van der Waals surface area (Å²) in [7, 11) is -0.547. The van der Waals surface area contributed by atoms with Gasteiger partial charge in [-0.1, -0.05) is 0 Å². The highest BCUT2D eigenvalue weighted by Gasteiger charge is 2.27. The van der Waals surface area contributed by atoms with Gasteiger partial charge in [0.2, 0.25) is 10.0 Å². The lowest BCUT2D eigenvalue weighted by atomic mass is 10.0. The van der Waals surface area contributed by atoms with E-state index in [9.17, 15) is 8.42 Å². The number of fused-ring (bicyclic) bond motifs is 1. The zero-order valence-electron chi connectivity index (χ0n) is 19.5. The van der Waals surface area contributed by atoms with E-state index >= 15 is 0 Å². The normalized spacial score (nSPS) is 15.2. The number of oxazole rings is 1. The maximum atomic E-state index is 12.6. The Morgan fingerprint density at radius 1 is 1.24 bits per heavy atom. The molecule has 2 heterocycles. The number of benzene rings is 2. The molecule has 3 aromatic rings.